The summed E-state index contributed by atoms with van der Waals surface area (Å²) in [6.07, 6.45) is 7.24. The van der Waals surface area contributed by atoms with Crippen molar-refractivity contribution in [2.24, 2.45) is 0 Å². The van der Waals surface area contributed by atoms with E-state index in [0.717, 1.165) is 22.5 Å². The second-order valence-corrected chi connectivity index (χ2v) is 9.50. The van der Waals surface area contributed by atoms with Crippen LogP contribution in [0.25, 0.3) is 23.5 Å². The molecule has 0 radical (unpaired) electrons. The summed E-state index contributed by atoms with van der Waals surface area (Å²) in [4.78, 5) is 8.65. The molecule has 0 saturated heterocycles. The Balaban J connectivity index is 0.000000701. The first-order chi connectivity index (χ1) is 12.1. The van der Waals surface area contributed by atoms with Crippen molar-refractivity contribution in [2.45, 2.75) is 0 Å². The third kappa shape index (κ3) is 6.13. The number of aromatic nitrogens is 2. The van der Waals surface area contributed by atoms with Crippen molar-refractivity contribution < 1.29 is 25.4 Å². The molecule has 0 aliphatic carbocycles. The summed E-state index contributed by atoms with van der Waals surface area (Å²) >= 11 is -0.931. The van der Waals surface area contributed by atoms with Crippen molar-refractivity contribution in [1.82, 2.24) is 9.97 Å². The van der Waals surface area contributed by atoms with Crippen LogP contribution in [0.3, 0.4) is 0 Å². The maximum atomic E-state index is 9.46. The van der Waals surface area contributed by atoms with Gasteiger partial charge in [0, 0.05) is 12.4 Å². The molecule has 2 N–H and O–H groups in total. The van der Waals surface area contributed by atoms with Crippen LogP contribution in [0, 0.1) is 0 Å². The van der Waals surface area contributed by atoms with Crippen LogP contribution in [-0.4, -0.2) is 20.2 Å². The molecule has 2 aromatic heterocycles. The number of phenols is 2. The molecular weight excluding hydrogens is 413 g/mol. The summed E-state index contributed by atoms with van der Waals surface area (Å²) in [5, 5.41) is 18.7. The average molecular weight is 427 g/mol. The van der Waals surface area contributed by atoms with Gasteiger partial charge in [0.2, 0.25) is 0 Å². The van der Waals surface area contributed by atoms with Gasteiger partial charge in [-0.1, -0.05) is 30.4 Å². The fourth-order valence-electron chi connectivity index (χ4n) is 2.01. The minimum atomic E-state index is -0.931. The van der Waals surface area contributed by atoms with E-state index in [1.54, 1.807) is 18.5 Å². The molecular formula is C18H14Cl2N2O2Zn. The molecule has 0 spiro atoms. The summed E-state index contributed by atoms with van der Waals surface area (Å²) in [6.45, 7) is 0. The first-order valence-corrected chi connectivity index (χ1v) is 15.1. The molecule has 0 aliphatic rings. The number of aromatic hydroxyl groups is 2. The quantitative estimate of drug-likeness (QED) is 0.452. The second kappa shape index (κ2) is 10.1. The SMILES string of the molecule is Oc1ccc(C=Cc2ccc(-c3ccccn3)nc2)cc1O.[Cl][Zn][Cl]. The Labute approximate surface area is 161 Å². The number of benzene rings is 1. The second-order valence-electron chi connectivity index (χ2n) is 4.87. The van der Waals surface area contributed by atoms with Gasteiger partial charge in [0.15, 0.2) is 11.5 Å². The Morgan fingerprint density at radius 2 is 1.48 bits per heavy atom. The standard InChI is InChI=1S/C18H14N2O2.2ClH.Zn/c21-17-9-7-13(11-18(17)22)4-5-14-6-8-16(20-12-14)15-3-1-2-10-19-15;;;/h1-12,21-22H;2*1H;/q;;;+2/p-2. The Kier molecular flexibility index (Phi) is 7.87. The van der Waals surface area contributed by atoms with Crippen LogP contribution in [0.1, 0.15) is 11.1 Å². The summed E-state index contributed by atoms with van der Waals surface area (Å²) in [6, 6.07) is 14.3. The third-order valence-electron chi connectivity index (χ3n) is 3.18. The van der Waals surface area contributed by atoms with E-state index in [1.165, 1.54) is 12.1 Å². The Morgan fingerprint density at radius 3 is 2.08 bits per heavy atom. The number of phenolic OH excluding ortho intramolecular Hbond substituents is 2. The average Bonchev–Trinajstić information content (AvgIpc) is 2.64. The zero-order valence-corrected chi connectivity index (χ0v) is 17.7. The predicted molar refractivity (Wildman–Crippen MR) is 97.9 cm³/mol. The van der Waals surface area contributed by atoms with Gasteiger partial charge in [-0.25, -0.2) is 0 Å². The summed E-state index contributed by atoms with van der Waals surface area (Å²) in [5.74, 6) is -0.260. The maximum absolute atomic E-state index is 9.46. The van der Waals surface area contributed by atoms with E-state index in [0.29, 0.717) is 0 Å². The van der Waals surface area contributed by atoms with Crippen LogP contribution in [0.15, 0.2) is 60.9 Å². The van der Waals surface area contributed by atoms with Gasteiger partial charge < -0.3 is 10.2 Å². The van der Waals surface area contributed by atoms with Crippen LogP contribution in [0.2, 0.25) is 0 Å². The van der Waals surface area contributed by atoms with Crippen molar-refractivity contribution in [1.29, 1.82) is 0 Å². The molecule has 4 nitrogen and oxygen atoms in total. The van der Waals surface area contributed by atoms with Gasteiger partial charge >= 0.3 is 34.5 Å². The van der Waals surface area contributed by atoms with Crippen LogP contribution in [0.4, 0.5) is 0 Å². The molecule has 7 heteroatoms. The van der Waals surface area contributed by atoms with E-state index in [9.17, 15) is 10.2 Å². The van der Waals surface area contributed by atoms with E-state index in [4.69, 9.17) is 19.4 Å². The van der Waals surface area contributed by atoms with E-state index < -0.39 is 15.1 Å². The molecule has 3 aromatic rings. The molecule has 1 aromatic carbocycles. The van der Waals surface area contributed by atoms with E-state index >= 15 is 0 Å². The van der Waals surface area contributed by atoms with Crippen LogP contribution in [-0.2, 0) is 15.1 Å². The summed E-state index contributed by atoms with van der Waals surface area (Å²) < 4.78 is 0. The van der Waals surface area contributed by atoms with Crippen molar-refractivity contribution in [2.75, 3.05) is 0 Å². The molecule has 0 saturated carbocycles. The number of halogens is 2. The van der Waals surface area contributed by atoms with Gasteiger partial charge in [-0.2, -0.15) is 0 Å². The van der Waals surface area contributed by atoms with Gasteiger partial charge in [0.1, 0.15) is 0 Å². The van der Waals surface area contributed by atoms with Gasteiger partial charge in [-0.3, -0.25) is 9.97 Å². The van der Waals surface area contributed by atoms with Crippen molar-refractivity contribution >= 4 is 31.5 Å². The molecule has 0 aliphatic heterocycles. The summed E-state index contributed by atoms with van der Waals surface area (Å²) in [7, 11) is 9.90. The number of hydrogen-bond donors (Lipinski definition) is 2. The Bertz CT molecular complexity index is 828. The Hall–Kier alpha value is -1.94. The molecule has 2 heterocycles. The summed E-state index contributed by atoms with van der Waals surface area (Å²) in [5.41, 5.74) is 3.39. The van der Waals surface area contributed by atoms with Gasteiger partial charge in [0.25, 0.3) is 0 Å². The topological polar surface area (TPSA) is 66.2 Å². The third-order valence-corrected chi connectivity index (χ3v) is 3.18. The first-order valence-electron chi connectivity index (χ1n) is 7.33. The first kappa shape index (κ1) is 19.4. The zero-order chi connectivity index (χ0) is 18.1. The van der Waals surface area contributed by atoms with Crippen LogP contribution < -0.4 is 0 Å². The van der Waals surface area contributed by atoms with Crippen molar-refractivity contribution in [3.63, 3.8) is 0 Å². The fraction of sp³-hybridized carbons (Fsp3) is 0. The fourth-order valence-corrected chi connectivity index (χ4v) is 2.01. The molecule has 0 unspecified atom stereocenters. The van der Waals surface area contributed by atoms with E-state index in [1.807, 2.05) is 42.5 Å². The molecule has 124 valence electrons. The normalized spacial score (nSPS) is 10.0. The molecule has 0 bridgehead atoms. The molecule has 0 amide bonds. The molecule has 0 fully saturated rings. The number of pyridine rings is 2. The Morgan fingerprint density at radius 1 is 0.800 bits per heavy atom. The number of nitrogens with zero attached hydrogens (tertiary/aromatic N) is 2. The molecule has 25 heavy (non-hydrogen) atoms. The van der Waals surface area contributed by atoms with Crippen molar-refractivity contribution in [3.05, 3.63) is 72.1 Å². The van der Waals surface area contributed by atoms with E-state index in [-0.39, 0.29) is 11.5 Å². The number of rotatable bonds is 3. The van der Waals surface area contributed by atoms with Crippen molar-refractivity contribution in [3.8, 4) is 22.9 Å². The van der Waals surface area contributed by atoms with Gasteiger partial charge in [-0.05, 0) is 41.5 Å². The predicted octanol–water partition coefficient (Wildman–Crippen LogP) is 5.10. The monoisotopic (exact) mass is 424 g/mol. The number of hydrogen-bond acceptors (Lipinski definition) is 4. The zero-order valence-electron chi connectivity index (χ0n) is 13.2. The van der Waals surface area contributed by atoms with Gasteiger partial charge in [-0.15, -0.1) is 0 Å². The van der Waals surface area contributed by atoms with Gasteiger partial charge in [0.05, 0.1) is 11.4 Å². The minimum absolute atomic E-state index is 0.126. The van der Waals surface area contributed by atoms with Crippen LogP contribution >= 0.6 is 19.4 Å². The van der Waals surface area contributed by atoms with E-state index in [2.05, 4.69) is 9.97 Å². The van der Waals surface area contributed by atoms with Crippen LogP contribution in [0.5, 0.6) is 11.5 Å². The molecule has 3 rings (SSSR count). The molecule has 0 atom stereocenters.